The van der Waals surface area contributed by atoms with Crippen molar-refractivity contribution in [3.05, 3.63) is 11.1 Å². The summed E-state index contributed by atoms with van der Waals surface area (Å²) >= 11 is 1.07. The average Bonchev–Trinajstić information content (AvgIpc) is 2.94. The van der Waals surface area contributed by atoms with E-state index in [1.54, 1.807) is 20.8 Å². The normalized spacial score (nSPS) is 14.2. The van der Waals surface area contributed by atoms with E-state index in [9.17, 15) is 19.6 Å². The molecule has 0 fully saturated rings. The zero-order valence-electron chi connectivity index (χ0n) is 14.2. The van der Waals surface area contributed by atoms with Crippen LogP contribution < -0.4 is 10.6 Å². The van der Waals surface area contributed by atoms with E-state index < -0.39 is 23.5 Å². The maximum atomic E-state index is 12.1. The van der Waals surface area contributed by atoms with Gasteiger partial charge < -0.3 is 15.4 Å². The molecule has 0 aliphatic heterocycles. The minimum absolute atomic E-state index is 0.00435. The van der Waals surface area contributed by atoms with Crippen LogP contribution in [-0.2, 0) is 14.3 Å². The van der Waals surface area contributed by atoms with Crippen LogP contribution in [0, 0.1) is 17.2 Å². The van der Waals surface area contributed by atoms with E-state index in [4.69, 9.17) is 4.74 Å². The molecule has 0 saturated heterocycles. The fourth-order valence-corrected chi connectivity index (χ4v) is 2.23. The van der Waals surface area contributed by atoms with Crippen molar-refractivity contribution < 1.29 is 19.1 Å². The first kappa shape index (κ1) is 19.6. The molecule has 1 aromatic rings. The SMILES string of the molecule is CC(=O)Nc1nc(C(=O)O[C@H](C)C(=O)N[C@@](C)(C#N)C(C)C)cs1. The molecule has 2 amide bonds. The first-order valence-electron chi connectivity index (χ1n) is 7.26. The van der Waals surface area contributed by atoms with Crippen LogP contribution in [0.5, 0.6) is 0 Å². The molecule has 1 rings (SSSR count). The Labute approximate surface area is 144 Å². The highest BCUT2D eigenvalue weighted by Crippen LogP contribution is 2.18. The Hall–Kier alpha value is -2.47. The number of nitrogens with one attached hydrogen (secondary N) is 2. The summed E-state index contributed by atoms with van der Waals surface area (Å²) in [5, 5.41) is 15.9. The smallest absolute Gasteiger partial charge is 0.358 e. The summed E-state index contributed by atoms with van der Waals surface area (Å²) in [5.74, 6) is -1.78. The zero-order chi connectivity index (χ0) is 18.5. The number of anilines is 1. The van der Waals surface area contributed by atoms with E-state index in [2.05, 4.69) is 15.6 Å². The Morgan fingerprint density at radius 2 is 2.00 bits per heavy atom. The van der Waals surface area contributed by atoms with Crippen LogP contribution in [0.3, 0.4) is 0 Å². The fourth-order valence-electron chi connectivity index (χ4n) is 1.51. The van der Waals surface area contributed by atoms with Crippen LogP contribution >= 0.6 is 11.3 Å². The third-order valence-electron chi connectivity index (χ3n) is 3.42. The van der Waals surface area contributed by atoms with E-state index in [-0.39, 0.29) is 22.7 Å². The lowest BCUT2D eigenvalue weighted by atomic mass is 9.90. The fraction of sp³-hybridized carbons (Fsp3) is 0.533. The van der Waals surface area contributed by atoms with Crippen molar-refractivity contribution >= 4 is 34.3 Å². The molecule has 1 aromatic heterocycles. The average molecular weight is 352 g/mol. The highest BCUT2D eigenvalue weighted by atomic mass is 32.1. The molecule has 0 saturated carbocycles. The molecule has 1 heterocycles. The van der Waals surface area contributed by atoms with Crippen molar-refractivity contribution in [3.8, 4) is 6.07 Å². The second-order valence-electron chi connectivity index (χ2n) is 5.72. The number of hydrogen-bond donors (Lipinski definition) is 2. The second kappa shape index (κ2) is 7.88. The van der Waals surface area contributed by atoms with Gasteiger partial charge in [-0.05, 0) is 19.8 Å². The van der Waals surface area contributed by atoms with Gasteiger partial charge in [0.15, 0.2) is 16.9 Å². The van der Waals surface area contributed by atoms with Gasteiger partial charge in [0.1, 0.15) is 5.54 Å². The second-order valence-corrected chi connectivity index (χ2v) is 6.58. The van der Waals surface area contributed by atoms with Crippen molar-refractivity contribution in [2.24, 2.45) is 5.92 Å². The van der Waals surface area contributed by atoms with Gasteiger partial charge in [-0.2, -0.15) is 5.26 Å². The quantitative estimate of drug-likeness (QED) is 0.752. The molecular formula is C15H20N4O4S. The highest BCUT2D eigenvalue weighted by Gasteiger charge is 2.32. The van der Waals surface area contributed by atoms with E-state index in [0.717, 1.165) is 11.3 Å². The molecule has 2 atom stereocenters. The van der Waals surface area contributed by atoms with Crippen LogP contribution in [0.4, 0.5) is 5.13 Å². The number of nitriles is 1. The molecule has 0 unspecified atom stereocenters. The number of nitrogens with zero attached hydrogens (tertiary/aromatic N) is 2. The van der Waals surface area contributed by atoms with E-state index in [1.165, 1.54) is 19.2 Å². The van der Waals surface area contributed by atoms with Gasteiger partial charge in [0.2, 0.25) is 5.91 Å². The number of aromatic nitrogens is 1. The molecule has 24 heavy (non-hydrogen) atoms. The maximum absolute atomic E-state index is 12.1. The molecule has 130 valence electrons. The van der Waals surface area contributed by atoms with Gasteiger partial charge in [0.25, 0.3) is 5.91 Å². The number of esters is 1. The molecule has 0 aliphatic carbocycles. The monoisotopic (exact) mass is 352 g/mol. The molecule has 9 heteroatoms. The number of carbonyl (C=O) groups is 3. The molecule has 8 nitrogen and oxygen atoms in total. The Morgan fingerprint density at radius 1 is 1.38 bits per heavy atom. The van der Waals surface area contributed by atoms with Gasteiger partial charge in [-0.25, -0.2) is 9.78 Å². The standard InChI is InChI=1S/C15H20N4O4S/c1-8(2)15(5,7-16)19-12(21)9(3)23-13(22)11-6-24-14(18-11)17-10(4)20/h6,8-9H,1-5H3,(H,19,21)(H,17,18,20)/t9-,15+/m1/s1. The molecule has 0 radical (unpaired) electrons. The number of thiazole rings is 1. The lowest BCUT2D eigenvalue weighted by molar-refractivity contribution is -0.130. The van der Waals surface area contributed by atoms with Gasteiger partial charge in [-0.1, -0.05) is 13.8 Å². The highest BCUT2D eigenvalue weighted by molar-refractivity contribution is 7.14. The number of amides is 2. The predicted octanol–water partition coefficient (Wildman–Crippen LogP) is 1.70. The molecule has 2 N–H and O–H groups in total. The topological polar surface area (TPSA) is 121 Å². The van der Waals surface area contributed by atoms with Gasteiger partial charge in [0, 0.05) is 12.3 Å². The summed E-state index contributed by atoms with van der Waals surface area (Å²) in [7, 11) is 0. The Kier molecular flexibility index (Phi) is 6.42. The summed E-state index contributed by atoms with van der Waals surface area (Å²) in [6.07, 6.45) is -1.09. The van der Waals surface area contributed by atoms with Crippen LogP contribution in [0.1, 0.15) is 45.1 Å². The van der Waals surface area contributed by atoms with Crippen LogP contribution in [0.2, 0.25) is 0 Å². The van der Waals surface area contributed by atoms with Crippen LogP contribution in [-0.4, -0.2) is 34.4 Å². The van der Waals surface area contributed by atoms with Crippen molar-refractivity contribution in [2.75, 3.05) is 5.32 Å². The predicted molar refractivity (Wildman–Crippen MR) is 88.3 cm³/mol. The first-order chi connectivity index (χ1) is 11.1. The molecule has 0 aliphatic rings. The summed E-state index contributed by atoms with van der Waals surface area (Å²) < 4.78 is 5.06. The Morgan fingerprint density at radius 3 is 2.50 bits per heavy atom. The lowest BCUT2D eigenvalue weighted by Gasteiger charge is -2.28. The Balaban J connectivity index is 2.70. The van der Waals surface area contributed by atoms with Crippen molar-refractivity contribution in [2.45, 2.75) is 46.3 Å². The molecular weight excluding hydrogens is 332 g/mol. The number of ether oxygens (including phenoxy) is 1. The van der Waals surface area contributed by atoms with Gasteiger partial charge in [0.05, 0.1) is 6.07 Å². The summed E-state index contributed by atoms with van der Waals surface area (Å²) in [6.45, 7) is 7.95. The first-order valence-corrected chi connectivity index (χ1v) is 8.14. The number of carbonyl (C=O) groups excluding carboxylic acids is 3. The Bertz CT molecular complexity index is 679. The van der Waals surface area contributed by atoms with Crippen molar-refractivity contribution in [1.82, 2.24) is 10.3 Å². The maximum Gasteiger partial charge on any atom is 0.358 e. The van der Waals surface area contributed by atoms with E-state index in [1.807, 2.05) is 6.07 Å². The van der Waals surface area contributed by atoms with Crippen LogP contribution in [0.15, 0.2) is 5.38 Å². The van der Waals surface area contributed by atoms with Gasteiger partial charge in [-0.3, -0.25) is 9.59 Å². The van der Waals surface area contributed by atoms with Crippen molar-refractivity contribution in [3.63, 3.8) is 0 Å². The minimum Gasteiger partial charge on any atom is -0.448 e. The largest absolute Gasteiger partial charge is 0.448 e. The third kappa shape index (κ3) is 5.03. The number of rotatable bonds is 6. The molecule has 0 spiro atoms. The summed E-state index contributed by atoms with van der Waals surface area (Å²) in [6, 6.07) is 2.05. The lowest BCUT2D eigenvalue weighted by Crippen LogP contribution is -2.52. The van der Waals surface area contributed by atoms with E-state index >= 15 is 0 Å². The van der Waals surface area contributed by atoms with Gasteiger partial charge in [-0.15, -0.1) is 11.3 Å². The van der Waals surface area contributed by atoms with Gasteiger partial charge >= 0.3 is 5.97 Å². The molecule has 0 aromatic carbocycles. The van der Waals surface area contributed by atoms with Crippen molar-refractivity contribution in [1.29, 1.82) is 5.26 Å². The summed E-state index contributed by atoms with van der Waals surface area (Å²) in [5.41, 5.74) is -1.06. The van der Waals surface area contributed by atoms with Crippen LogP contribution in [0.25, 0.3) is 0 Å². The minimum atomic E-state index is -1.09. The molecule has 0 bridgehead atoms. The zero-order valence-corrected chi connectivity index (χ0v) is 15.0. The third-order valence-corrected chi connectivity index (χ3v) is 4.18. The summed E-state index contributed by atoms with van der Waals surface area (Å²) in [4.78, 5) is 39.0. The number of hydrogen-bond acceptors (Lipinski definition) is 7. The van der Waals surface area contributed by atoms with E-state index in [0.29, 0.717) is 0 Å².